The van der Waals surface area contributed by atoms with E-state index < -0.39 is 6.09 Å². The van der Waals surface area contributed by atoms with Gasteiger partial charge in [0.05, 0.1) is 5.92 Å². The molecule has 2 N–H and O–H groups in total. The van der Waals surface area contributed by atoms with Gasteiger partial charge in [-0.3, -0.25) is 4.79 Å². The van der Waals surface area contributed by atoms with Crippen LogP contribution in [0.25, 0.3) is 11.1 Å². The highest BCUT2D eigenvalue weighted by atomic mass is 16.4. The first-order valence-corrected chi connectivity index (χ1v) is 8.92. The SMILES string of the molecule is CC1C(=O)Nc2nccc(-c3cccc(C4CCN(C(=O)O)CC4)c3)c21. The van der Waals surface area contributed by atoms with Crippen LogP contribution in [0.15, 0.2) is 36.5 Å². The van der Waals surface area contributed by atoms with Gasteiger partial charge < -0.3 is 15.3 Å². The summed E-state index contributed by atoms with van der Waals surface area (Å²) < 4.78 is 0. The third-order valence-corrected chi connectivity index (χ3v) is 5.49. The van der Waals surface area contributed by atoms with Gasteiger partial charge in [0.2, 0.25) is 5.91 Å². The van der Waals surface area contributed by atoms with E-state index >= 15 is 0 Å². The number of nitrogens with one attached hydrogen (secondary N) is 1. The van der Waals surface area contributed by atoms with E-state index in [4.69, 9.17) is 5.11 Å². The Kier molecular flexibility index (Phi) is 4.11. The van der Waals surface area contributed by atoms with E-state index in [2.05, 4.69) is 28.5 Å². The molecule has 26 heavy (non-hydrogen) atoms. The number of carboxylic acid groups (broad SMARTS) is 1. The zero-order valence-electron chi connectivity index (χ0n) is 14.6. The third-order valence-electron chi connectivity index (χ3n) is 5.49. The van der Waals surface area contributed by atoms with Gasteiger partial charge in [-0.1, -0.05) is 24.3 Å². The molecule has 2 amide bonds. The summed E-state index contributed by atoms with van der Waals surface area (Å²) in [5.74, 6) is 0.783. The van der Waals surface area contributed by atoms with Gasteiger partial charge in [-0.05, 0) is 48.4 Å². The molecule has 1 fully saturated rings. The summed E-state index contributed by atoms with van der Waals surface area (Å²) in [6.07, 6.45) is 2.56. The number of likely N-dealkylation sites (tertiary alicyclic amines) is 1. The normalized spacial score (nSPS) is 20.0. The average Bonchev–Trinajstić information content (AvgIpc) is 2.96. The van der Waals surface area contributed by atoms with Crippen molar-refractivity contribution < 1.29 is 14.7 Å². The lowest BCUT2D eigenvalue weighted by Gasteiger charge is -2.30. The summed E-state index contributed by atoms with van der Waals surface area (Å²) in [5, 5.41) is 11.9. The van der Waals surface area contributed by atoms with Gasteiger partial charge >= 0.3 is 6.09 Å². The number of amides is 2. The highest BCUT2D eigenvalue weighted by Gasteiger charge is 2.31. The van der Waals surface area contributed by atoms with Crippen LogP contribution in [0.3, 0.4) is 0 Å². The van der Waals surface area contributed by atoms with Crippen LogP contribution in [-0.4, -0.2) is 40.1 Å². The maximum Gasteiger partial charge on any atom is 0.407 e. The van der Waals surface area contributed by atoms with E-state index in [-0.39, 0.29) is 11.8 Å². The van der Waals surface area contributed by atoms with Crippen LogP contribution in [0.2, 0.25) is 0 Å². The van der Waals surface area contributed by atoms with E-state index in [1.807, 2.05) is 19.1 Å². The Morgan fingerprint density at radius 3 is 2.77 bits per heavy atom. The predicted molar refractivity (Wildman–Crippen MR) is 98.3 cm³/mol. The van der Waals surface area contributed by atoms with Crippen molar-refractivity contribution in [3.05, 3.63) is 47.7 Å². The Morgan fingerprint density at radius 2 is 2.04 bits per heavy atom. The fourth-order valence-electron chi connectivity index (χ4n) is 3.98. The average molecular weight is 351 g/mol. The molecule has 2 aliphatic heterocycles. The Balaban J connectivity index is 1.63. The Labute approximate surface area is 151 Å². The molecule has 1 atom stereocenters. The van der Waals surface area contributed by atoms with Gasteiger partial charge in [0, 0.05) is 24.8 Å². The van der Waals surface area contributed by atoms with Crippen LogP contribution in [0.4, 0.5) is 10.6 Å². The first-order valence-electron chi connectivity index (χ1n) is 8.92. The third kappa shape index (κ3) is 2.81. The van der Waals surface area contributed by atoms with E-state index in [9.17, 15) is 9.59 Å². The zero-order valence-corrected chi connectivity index (χ0v) is 14.6. The molecule has 0 radical (unpaired) electrons. The van der Waals surface area contributed by atoms with Crippen molar-refractivity contribution in [2.45, 2.75) is 31.6 Å². The first kappa shape index (κ1) is 16.6. The van der Waals surface area contributed by atoms with Crippen LogP contribution in [0.1, 0.15) is 42.7 Å². The molecule has 6 heteroatoms. The van der Waals surface area contributed by atoms with Crippen molar-refractivity contribution in [1.82, 2.24) is 9.88 Å². The Hall–Kier alpha value is -2.89. The number of pyridine rings is 1. The molecule has 0 bridgehead atoms. The van der Waals surface area contributed by atoms with Crippen molar-refractivity contribution in [3.63, 3.8) is 0 Å². The minimum Gasteiger partial charge on any atom is -0.465 e. The molecule has 6 nitrogen and oxygen atoms in total. The number of nitrogens with zero attached hydrogens (tertiary/aromatic N) is 2. The second-order valence-corrected chi connectivity index (χ2v) is 7.00. The minimum absolute atomic E-state index is 0.0165. The van der Waals surface area contributed by atoms with Crippen molar-refractivity contribution in [1.29, 1.82) is 0 Å². The summed E-state index contributed by atoms with van der Waals surface area (Å²) in [5.41, 5.74) is 4.29. The molecule has 2 aromatic rings. The summed E-state index contributed by atoms with van der Waals surface area (Å²) in [6, 6.07) is 10.3. The van der Waals surface area contributed by atoms with Gasteiger partial charge in [-0.25, -0.2) is 9.78 Å². The van der Waals surface area contributed by atoms with E-state index in [0.717, 1.165) is 29.5 Å². The Bertz CT molecular complexity index is 872. The zero-order chi connectivity index (χ0) is 18.3. The van der Waals surface area contributed by atoms with E-state index in [0.29, 0.717) is 24.8 Å². The lowest BCUT2D eigenvalue weighted by molar-refractivity contribution is -0.116. The number of anilines is 1. The van der Waals surface area contributed by atoms with Gasteiger partial charge in [0.25, 0.3) is 0 Å². The molecule has 2 aliphatic rings. The maximum atomic E-state index is 12.0. The van der Waals surface area contributed by atoms with Gasteiger partial charge in [-0.15, -0.1) is 0 Å². The van der Waals surface area contributed by atoms with Crippen molar-refractivity contribution >= 4 is 17.8 Å². The molecule has 3 heterocycles. The van der Waals surface area contributed by atoms with Crippen LogP contribution >= 0.6 is 0 Å². The lowest BCUT2D eigenvalue weighted by atomic mass is 9.86. The highest BCUT2D eigenvalue weighted by molar-refractivity contribution is 6.03. The molecule has 0 spiro atoms. The monoisotopic (exact) mass is 351 g/mol. The summed E-state index contributed by atoms with van der Waals surface area (Å²) in [6.45, 7) is 3.05. The van der Waals surface area contributed by atoms with Gasteiger partial charge in [0.1, 0.15) is 5.82 Å². The smallest absolute Gasteiger partial charge is 0.407 e. The molecule has 1 saturated heterocycles. The molecule has 1 unspecified atom stereocenters. The van der Waals surface area contributed by atoms with Gasteiger partial charge in [0.15, 0.2) is 0 Å². The number of carbonyl (C=O) groups excluding carboxylic acids is 1. The number of hydrogen-bond acceptors (Lipinski definition) is 3. The topological polar surface area (TPSA) is 82.5 Å². The lowest BCUT2D eigenvalue weighted by Crippen LogP contribution is -2.36. The number of aromatic nitrogens is 1. The predicted octanol–water partition coefficient (Wildman–Crippen LogP) is 3.66. The number of benzene rings is 1. The standard InChI is InChI=1S/C20H21N3O3/c1-12-17-16(5-8-21-18(17)22-19(12)24)15-4-2-3-14(11-15)13-6-9-23(10-7-13)20(25)26/h2-5,8,11-13H,6-7,9-10H2,1H3,(H,25,26)(H,21,22,24). The molecular weight excluding hydrogens is 330 g/mol. The second-order valence-electron chi connectivity index (χ2n) is 7.00. The van der Waals surface area contributed by atoms with Gasteiger partial charge in [-0.2, -0.15) is 0 Å². The van der Waals surface area contributed by atoms with E-state index in [1.165, 1.54) is 10.5 Å². The Morgan fingerprint density at radius 1 is 1.27 bits per heavy atom. The molecule has 1 aromatic carbocycles. The maximum absolute atomic E-state index is 12.0. The largest absolute Gasteiger partial charge is 0.465 e. The van der Waals surface area contributed by atoms with Crippen LogP contribution < -0.4 is 5.32 Å². The second kappa shape index (κ2) is 6.44. The van der Waals surface area contributed by atoms with Crippen LogP contribution in [-0.2, 0) is 4.79 Å². The minimum atomic E-state index is -0.837. The molecule has 0 saturated carbocycles. The molecular formula is C20H21N3O3. The number of rotatable bonds is 2. The summed E-state index contributed by atoms with van der Waals surface area (Å²) >= 11 is 0. The van der Waals surface area contributed by atoms with Crippen molar-refractivity contribution in [2.75, 3.05) is 18.4 Å². The molecule has 1 aromatic heterocycles. The summed E-state index contributed by atoms with van der Waals surface area (Å²) in [4.78, 5) is 28.9. The van der Waals surface area contributed by atoms with E-state index in [1.54, 1.807) is 6.20 Å². The molecule has 134 valence electrons. The number of hydrogen-bond donors (Lipinski definition) is 2. The number of fused-ring (bicyclic) bond motifs is 1. The fourth-order valence-corrected chi connectivity index (χ4v) is 3.98. The molecule has 0 aliphatic carbocycles. The van der Waals surface area contributed by atoms with Crippen LogP contribution in [0, 0.1) is 0 Å². The van der Waals surface area contributed by atoms with Crippen molar-refractivity contribution in [3.8, 4) is 11.1 Å². The molecule has 4 rings (SSSR count). The van der Waals surface area contributed by atoms with Crippen molar-refractivity contribution in [2.24, 2.45) is 0 Å². The quantitative estimate of drug-likeness (QED) is 0.865. The fraction of sp³-hybridized carbons (Fsp3) is 0.350. The van der Waals surface area contributed by atoms with Crippen LogP contribution in [0.5, 0.6) is 0 Å². The number of piperidine rings is 1. The summed E-state index contributed by atoms with van der Waals surface area (Å²) in [7, 11) is 0. The first-order chi connectivity index (χ1) is 12.5. The number of carbonyl (C=O) groups is 2. The highest BCUT2D eigenvalue weighted by Crippen LogP contribution is 2.39.